The van der Waals surface area contributed by atoms with Gasteiger partial charge in [0.15, 0.2) is 0 Å². The summed E-state index contributed by atoms with van der Waals surface area (Å²) in [7, 11) is 0. The number of aromatic amines is 1. The van der Waals surface area contributed by atoms with Crippen LogP contribution in [0, 0.1) is 10.1 Å². The van der Waals surface area contributed by atoms with Gasteiger partial charge in [-0.15, -0.1) is 0 Å². The number of hydrogen-bond acceptors (Lipinski definition) is 5. The molecule has 2 aromatic carbocycles. The summed E-state index contributed by atoms with van der Waals surface area (Å²) in [6.45, 7) is 0. The van der Waals surface area contributed by atoms with Crippen LogP contribution in [-0.2, 0) is 0 Å². The SMILES string of the molecule is O=C(NN=CC(Br)=Cc1ccccc1)c1cc(-c2cccc([N+](=O)[O-])c2)n[nH]1. The molecule has 0 aliphatic rings. The molecule has 0 aliphatic heterocycles. The summed E-state index contributed by atoms with van der Waals surface area (Å²) in [5.41, 5.74) is 4.46. The number of halogens is 1. The van der Waals surface area contributed by atoms with Gasteiger partial charge in [0.25, 0.3) is 11.6 Å². The number of nitro groups is 1. The Labute approximate surface area is 168 Å². The number of non-ortho nitro benzene ring substituents is 1. The summed E-state index contributed by atoms with van der Waals surface area (Å²) in [5.74, 6) is -0.486. The molecule has 140 valence electrons. The maximum atomic E-state index is 12.2. The van der Waals surface area contributed by atoms with Crippen LogP contribution in [0.15, 0.2) is 70.2 Å². The number of carbonyl (C=O) groups is 1. The van der Waals surface area contributed by atoms with Crippen LogP contribution in [0.25, 0.3) is 17.3 Å². The van der Waals surface area contributed by atoms with E-state index in [1.54, 1.807) is 12.1 Å². The molecule has 3 rings (SSSR count). The summed E-state index contributed by atoms with van der Waals surface area (Å²) in [4.78, 5) is 22.6. The molecular formula is C19H14BrN5O3. The number of benzene rings is 2. The molecule has 0 aliphatic carbocycles. The molecule has 1 heterocycles. The van der Waals surface area contributed by atoms with Crippen molar-refractivity contribution in [3.63, 3.8) is 0 Å². The number of rotatable bonds is 6. The van der Waals surface area contributed by atoms with Crippen molar-refractivity contribution in [2.75, 3.05) is 0 Å². The fourth-order valence-electron chi connectivity index (χ4n) is 2.32. The van der Waals surface area contributed by atoms with Crippen molar-refractivity contribution in [1.82, 2.24) is 15.6 Å². The maximum Gasteiger partial charge on any atom is 0.289 e. The Bertz CT molecular complexity index is 1060. The minimum Gasteiger partial charge on any atom is -0.272 e. The van der Waals surface area contributed by atoms with Gasteiger partial charge in [0.2, 0.25) is 0 Å². The highest BCUT2D eigenvalue weighted by Crippen LogP contribution is 2.22. The summed E-state index contributed by atoms with van der Waals surface area (Å²) in [6.07, 6.45) is 3.31. The molecule has 2 N–H and O–H groups in total. The summed E-state index contributed by atoms with van der Waals surface area (Å²) >= 11 is 3.36. The quantitative estimate of drug-likeness (QED) is 0.341. The average molecular weight is 440 g/mol. The second-order valence-electron chi connectivity index (χ2n) is 5.61. The first-order valence-corrected chi connectivity index (χ1v) is 8.88. The Balaban J connectivity index is 1.65. The molecule has 0 unspecified atom stereocenters. The van der Waals surface area contributed by atoms with Crippen LogP contribution in [0.5, 0.6) is 0 Å². The van der Waals surface area contributed by atoms with Crippen LogP contribution in [0.3, 0.4) is 0 Å². The molecule has 1 amide bonds. The third-order valence-corrected chi connectivity index (χ3v) is 4.07. The Morgan fingerprint density at radius 3 is 2.71 bits per heavy atom. The van der Waals surface area contributed by atoms with Crippen LogP contribution in [0.1, 0.15) is 16.1 Å². The Morgan fingerprint density at radius 2 is 1.96 bits per heavy atom. The lowest BCUT2D eigenvalue weighted by atomic mass is 10.1. The molecule has 0 radical (unpaired) electrons. The van der Waals surface area contributed by atoms with Crippen LogP contribution >= 0.6 is 15.9 Å². The van der Waals surface area contributed by atoms with Crippen LogP contribution in [-0.4, -0.2) is 27.2 Å². The zero-order valence-corrected chi connectivity index (χ0v) is 16.0. The molecule has 3 aromatic rings. The molecule has 1 aromatic heterocycles. The van der Waals surface area contributed by atoms with Crippen molar-refractivity contribution in [2.45, 2.75) is 0 Å². The van der Waals surface area contributed by atoms with Gasteiger partial charge in [-0.3, -0.25) is 20.0 Å². The first-order chi connectivity index (χ1) is 13.5. The molecule has 0 bridgehead atoms. The zero-order chi connectivity index (χ0) is 19.9. The van der Waals surface area contributed by atoms with Gasteiger partial charge in [-0.1, -0.05) is 42.5 Å². The number of H-pyrrole nitrogens is 1. The van der Waals surface area contributed by atoms with Gasteiger partial charge in [-0.05, 0) is 33.6 Å². The minimum atomic E-state index is -0.487. The van der Waals surface area contributed by atoms with E-state index < -0.39 is 10.8 Å². The number of nitro benzene ring substituents is 1. The Kier molecular flexibility index (Phi) is 6.07. The van der Waals surface area contributed by atoms with Gasteiger partial charge >= 0.3 is 0 Å². The van der Waals surface area contributed by atoms with Gasteiger partial charge < -0.3 is 0 Å². The van der Waals surface area contributed by atoms with Crippen LogP contribution in [0.4, 0.5) is 5.69 Å². The first-order valence-electron chi connectivity index (χ1n) is 8.09. The highest BCUT2D eigenvalue weighted by molar-refractivity contribution is 9.12. The van der Waals surface area contributed by atoms with E-state index in [0.717, 1.165) is 5.56 Å². The second kappa shape index (κ2) is 8.87. The standard InChI is InChI=1S/C19H14BrN5O3/c20-15(9-13-5-2-1-3-6-13)12-21-24-19(26)18-11-17(22-23-18)14-7-4-8-16(10-14)25(27)28/h1-12H,(H,22,23)(H,24,26). The maximum absolute atomic E-state index is 12.2. The van der Waals surface area contributed by atoms with Gasteiger partial charge in [0, 0.05) is 22.2 Å². The van der Waals surface area contributed by atoms with E-state index in [0.29, 0.717) is 15.7 Å². The topological polar surface area (TPSA) is 113 Å². The third kappa shape index (κ3) is 4.98. The minimum absolute atomic E-state index is 0.0499. The number of allylic oxidation sites excluding steroid dienone is 1. The molecule has 0 atom stereocenters. The predicted molar refractivity (Wildman–Crippen MR) is 110 cm³/mol. The van der Waals surface area contributed by atoms with E-state index in [9.17, 15) is 14.9 Å². The van der Waals surface area contributed by atoms with E-state index in [1.165, 1.54) is 24.4 Å². The Morgan fingerprint density at radius 1 is 1.18 bits per heavy atom. The molecular weight excluding hydrogens is 426 g/mol. The number of nitrogens with zero attached hydrogens (tertiary/aromatic N) is 3. The largest absolute Gasteiger partial charge is 0.289 e. The smallest absolute Gasteiger partial charge is 0.272 e. The number of hydrogen-bond donors (Lipinski definition) is 2. The number of nitrogens with one attached hydrogen (secondary N) is 2. The lowest BCUT2D eigenvalue weighted by Crippen LogP contribution is -2.17. The molecule has 0 spiro atoms. The van der Waals surface area contributed by atoms with E-state index >= 15 is 0 Å². The van der Waals surface area contributed by atoms with Gasteiger partial charge in [-0.2, -0.15) is 10.2 Å². The fraction of sp³-hybridized carbons (Fsp3) is 0. The van der Waals surface area contributed by atoms with Gasteiger partial charge in [0.1, 0.15) is 5.69 Å². The van der Waals surface area contributed by atoms with E-state index in [1.807, 2.05) is 36.4 Å². The highest BCUT2D eigenvalue weighted by atomic mass is 79.9. The monoisotopic (exact) mass is 439 g/mol. The lowest BCUT2D eigenvalue weighted by molar-refractivity contribution is -0.384. The summed E-state index contributed by atoms with van der Waals surface area (Å²) < 4.78 is 0.681. The summed E-state index contributed by atoms with van der Waals surface area (Å²) in [5, 5.41) is 21.4. The number of aromatic nitrogens is 2. The van der Waals surface area contributed by atoms with E-state index in [2.05, 4.69) is 36.7 Å². The van der Waals surface area contributed by atoms with Crippen molar-refractivity contribution >= 4 is 39.8 Å². The molecule has 8 nitrogen and oxygen atoms in total. The van der Waals surface area contributed by atoms with Crippen LogP contribution < -0.4 is 5.43 Å². The second-order valence-corrected chi connectivity index (χ2v) is 6.53. The van der Waals surface area contributed by atoms with Gasteiger partial charge in [-0.25, -0.2) is 5.43 Å². The van der Waals surface area contributed by atoms with E-state index in [4.69, 9.17) is 0 Å². The van der Waals surface area contributed by atoms with Crippen molar-refractivity contribution in [3.05, 3.63) is 86.5 Å². The van der Waals surface area contributed by atoms with Gasteiger partial charge in [0.05, 0.1) is 16.8 Å². The van der Waals surface area contributed by atoms with Crippen molar-refractivity contribution in [1.29, 1.82) is 0 Å². The summed E-state index contributed by atoms with van der Waals surface area (Å²) in [6, 6.07) is 17.1. The first kappa shape index (κ1) is 19.2. The highest BCUT2D eigenvalue weighted by Gasteiger charge is 2.13. The van der Waals surface area contributed by atoms with Crippen LogP contribution in [0.2, 0.25) is 0 Å². The van der Waals surface area contributed by atoms with Crippen molar-refractivity contribution in [2.24, 2.45) is 5.10 Å². The molecule has 0 fully saturated rings. The number of hydrazone groups is 1. The Hall–Kier alpha value is -3.59. The zero-order valence-electron chi connectivity index (χ0n) is 14.4. The lowest BCUT2D eigenvalue weighted by Gasteiger charge is -1.96. The molecule has 9 heteroatoms. The van der Waals surface area contributed by atoms with E-state index in [-0.39, 0.29) is 11.4 Å². The molecule has 0 saturated heterocycles. The van der Waals surface area contributed by atoms with Crippen molar-refractivity contribution in [3.8, 4) is 11.3 Å². The number of amides is 1. The normalized spacial score (nSPS) is 11.5. The number of carbonyl (C=O) groups excluding carboxylic acids is 1. The average Bonchev–Trinajstić information content (AvgIpc) is 3.19. The predicted octanol–water partition coefficient (Wildman–Crippen LogP) is 4.14. The fourth-order valence-corrected chi connectivity index (χ4v) is 2.69. The van der Waals surface area contributed by atoms with Crippen molar-refractivity contribution < 1.29 is 9.72 Å². The molecule has 28 heavy (non-hydrogen) atoms. The molecule has 0 saturated carbocycles. The third-order valence-electron chi connectivity index (χ3n) is 3.63.